The SMILES string of the molecule is Cc1cc2nc(NC(=O)c3ccccn3)c(=O)n(C)c2cc1C. The number of carbonyl (C=O) groups excluding carboxylic acids is 1. The van der Waals surface area contributed by atoms with Gasteiger partial charge in [0.1, 0.15) is 5.69 Å². The van der Waals surface area contributed by atoms with Crippen LogP contribution in [0.5, 0.6) is 0 Å². The summed E-state index contributed by atoms with van der Waals surface area (Å²) >= 11 is 0. The summed E-state index contributed by atoms with van der Waals surface area (Å²) in [7, 11) is 1.66. The molecule has 1 amide bonds. The van der Waals surface area contributed by atoms with E-state index in [1.165, 1.54) is 10.8 Å². The van der Waals surface area contributed by atoms with E-state index in [-0.39, 0.29) is 17.1 Å². The fourth-order valence-electron chi connectivity index (χ4n) is 2.33. The molecule has 3 aromatic rings. The number of rotatable bonds is 2. The molecule has 6 heteroatoms. The van der Waals surface area contributed by atoms with E-state index in [9.17, 15) is 9.59 Å². The zero-order valence-electron chi connectivity index (χ0n) is 13.1. The van der Waals surface area contributed by atoms with Crippen LogP contribution in [0, 0.1) is 13.8 Å². The number of aromatic nitrogens is 3. The van der Waals surface area contributed by atoms with Gasteiger partial charge in [-0.15, -0.1) is 0 Å². The molecule has 6 nitrogen and oxygen atoms in total. The highest BCUT2D eigenvalue weighted by atomic mass is 16.2. The molecule has 0 aliphatic carbocycles. The van der Waals surface area contributed by atoms with Crippen molar-refractivity contribution in [2.75, 3.05) is 5.32 Å². The standard InChI is InChI=1S/C17H16N4O2/c1-10-8-13-14(9-11(10)2)21(3)17(23)15(19-13)20-16(22)12-6-4-5-7-18-12/h4-9H,1-3H3,(H,19,20,22). The molecule has 1 aromatic carbocycles. The summed E-state index contributed by atoms with van der Waals surface area (Å²) in [5, 5.41) is 2.55. The van der Waals surface area contributed by atoms with Crippen LogP contribution in [0.2, 0.25) is 0 Å². The number of nitrogens with zero attached hydrogens (tertiary/aromatic N) is 3. The molecule has 0 saturated heterocycles. The summed E-state index contributed by atoms with van der Waals surface area (Å²) in [5.41, 5.74) is 3.42. The second-order valence-corrected chi connectivity index (χ2v) is 5.42. The Balaban J connectivity index is 2.08. The smallest absolute Gasteiger partial charge is 0.293 e. The number of hydrogen-bond donors (Lipinski definition) is 1. The van der Waals surface area contributed by atoms with Crippen molar-refractivity contribution in [3.63, 3.8) is 0 Å². The molecule has 2 heterocycles. The van der Waals surface area contributed by atoms with Gasteiger partial charge in [-0.25, -0.2) is 4.98 Å². The van der Waals surface area contributed by atoms with Crippen LogP contribution in [-0.2, 0) is 7.05 Å². The Bertz CT molecular complexity index is 962. The van der Waals surface area contributed by atoms with Crippen LogP contribution in [0.4, 0.5) is 5.82 Å². The lowest BCUT2D eigenvalue weighted by Gasteiger charge is -2.10. The van der Waals surface area contributed by atoms with Crippen LogP contribution in [0.3, 0.4) is 0 Å². The summed E-state index contributed by atoms with van der Waals surface area (Å²) < 4.78 is 1.49. The minimum absolute atomic E-state index is 0.00101. The number of anilines is 1. The monoisotopic (exact) mass is 308 g/mol. The van der Waals surface area contributed by atoms with Crippen molar-refractivity contribution in [1.82, 2.24) is 14.5 Å². The molecule has 0 unspecified atom stereocenters. The van der Waals surface area contributed by atoms with Gasteiger partial charge in [0.05, 0.1) is 11.0 Å². The van der Waals surface area contributed by atoms with E-state index in [1.807, 2.05) is 26.0 Å². The highest BCUT2D eigenvalue weighted by Crippen LogP contribution is 2.17. The minimum atomic E-state index is -0.460. The lowest BCUT2D eigenvalue weighted by molar-refractivity contribution is 0.102. The Morgan fingerprint density at radius 3 is 2.61 bits per heavy atom. The molecular weight excluding hydrogens is 292 g/mol. The highest BCUT2D eigenvalue weighted by molar-refractivity contribution is 6.02. The highest BCUT2D eigenvalue weighted by Gasteiger charge is 2.14. The molecule has 0 bridgehead atoms. The van der Waals surface area contributed by atoms with Crippen molar-refractivity contribution in [3.05, 3.63) is 63.7 Å². The molecule has 116 valence electrons. The first kappa shape index (κ1) is 14.9. The number of pyridine rings is 1. The molecule has 0 radical (unpaired) electrons. The number of hydrogen-bond acceptors (Lipinski definition) is 4. The van der Waals surface area contributed by atoms with Crippen LogP contribution < -0.4 is 10.9 Å². The Kier molecular flexibility index (Phi) is 3.65. The molecule has 0 saturated carbocycles. The van der Waals surface area contributed by atoms with Gasteiger partial charge in [-0.05, 0) is 49.2 Å². The molecule has 2 aromatic heterocycles. The molecule has 3 rings (SSSR count). The Labute approximate surface area is 132 Å². The van der Waals surface area contributed by atoms with Crippen LogP contribution in [0.1, 0.15) is 21.6 Å². The maximum absolute atomic E-state index is 12.4. The topological polar surface area (TPSA) is 76.9 Å². The number of aryl methyl sites for hydroxylation is 3. The van der Waals surface area contributed by atoms with E-state index in [2.05, 4.69) is 15.3 Å². The molecule has 0 atom stereocenters. The van der Waals surface area contributed by atoms with E-state index >= 15 is 0 Å². The number of fused-ring (bicyclic) bond motifs is 1. The van der Waals surface area contributed by atoms with Crippen molar-refractivity contribution in [3.8, 4) is 0 Å². The molecular formula is C17H16N4O2. The van der Waals surface area contributed by atoms with Crippen LogP contribution in [0.25, 0.3) is 11.0 Å². The fraction of sp³-hybridized carbons (Fsp3) is 0.176. The van der Waals surface area contributed by atoms with Crippen molar-refractivity contribution in [1.29, 1.82) is 0 Å². The van der Waals surface area contributed by atoms with Crippen LogP contribution in [0.15, 0.2) is 41.3 Å². The second kappa shape index (κ2) is 5.64. The van der Waals surface area contributed by atoms with E-state index in [0.717, 1.165) is 16.6 Å². The largest absolute Gasteiger partial charge is 0.307 e. The van der Waals surface area contributed by atoms with Crippen molar-refractivity contribution >= 4 is 22.8 Å². The Morgan fingerprint density at radius 2 is 1.91 bits per heavy atom. The maximum atomic E-state index is 12.4. The quantitative estimate of drug-likeness (QED) is 0.787. The summed E-state index contributed by atoms with van der Waals surface area (Å²) in [5.74, 6) is -0.461. The van der Waals surface area contributed by atoms with Gasteiger partial charge in [0.2, 0.25) is 0 Å². The summed E-state index contributed by atoms with van der Waals surface area (Å²) in [6.45, 7) is 3.96. The third kappa shape index (κ3) is 2.70. The zero-order valence-corrected chi connectivity index (χ0v) is 13.1. The van der Waals surface area contributed by atoms with E-state index in [0.29, 0.717) is 5.52 Å². The maximum Gasteiger partial charge on any atom is 0.293 e. The van der Waals surface area contributed by atoms with Crippen molar-refractivity contribution in [2.24, 2.45) is 7.05 Å². The first-order valence-corrected chi connectivity index (χ1v) is 7.18. The second-order valence-electron chi connectivity index (χ2n) is 5.42. The molecule has 0 aliphatic heterocycles. The molecule has 23 heavy (non-hydrogen) atoms. The van der Waals surface area contributed by atoms with Gasteiger partial charge < -0.3 is 9.88 Å². The lowest BCUT2D eigenvalue weighted by Crippen LogP contribution is -2.26. The normalized spacial score (nSPS) is 10.7. The van der Waals surface area contributed by atoms with Gasteiger partial charge in [-0.2, -0.15) is 0 Å². The lowest BCUT2D eigenvalue weighted by atomic mass is 10.1. The van der Waals surface area contributed by atoms with Gasteiger partial charge in [-0.1, -0.05) is 6.07 Å². The molecule has 0 aliphatic rings. The minimum Gasteiger partial charge on any atom is -0.307 e. The van der Waals surface area contributed by atoms with Gasteiger partial charge >= 0.3 is 0 Å². The van der Waals surface area contributed by atoms with Gasteiger partial charge in [0.25, 0.3) is 11.5 Å². The van der Waals surface area contributed by atoms with Gasteiger partial charge in [-0.3, -0.25) is 14.6 Å². The number of benzene rings is 1. The average molecular weight is 308 g/mol. The Hall–Kier alpha value is -3.02. The molecule has 1 N–H and O–H groups in total. The first-order chi connectivity index (χ1) is 11.0. The number of amides is 1. The van der Waals surface area contributed by atoms with Gasteiger partial charge in [0, 0.05) is 13.2 Å². The van der Waals surface area contributed by atoms with E-state index < -0.39 is 5.91 Å². The van der Waals surface area contributed by atoms with E-state index in [4.69, 9.17) is 0 Å². The van der Waals surface area contributed by atoms with Crippen LogP contribution in [-0.4, -0.2) is 20.4 Å². The third-order valence-corrected chi connectivity index (χ3v) is 3.82. The summed E-state index contributed by atoms with van der Waals surface area (Å²) in [4.78, 5) is 32.9. The number of nitrogens with one attached hydrogen (secondary N) is 1. The predicted molar refractivity (Wildman–Crippen MR) is 88.6 cm³/mol. The molecule has 0 spiro atoms. The van der Waals surface area contributed by atoms with Crippen LogP contribution >= 0.6 is 0 Å². The zero-order chi connectivity index (χ0) is 16.6. The predicted octanol–water partition coefficient (Wildman–Crippen LogP) is 2.20. The molecule has 0 fully saturated rings. The fourth-order valence-corrected chi connectivity index (χ4v) is 2.33. The Morgan fingerprint density at radius 1 is 1.17 bits per heavy atom. The number of carbonyl (C=O) groups is 1. The van der Waals surface area contributed by atoms with Crippen molar-refractivity contribution < 1.29 is 4.79 Å². The summed E-state index contributed by atoms with van der Waals surface area (Å²) in [6, 6.07) is 8.83. The first-order valence-electron chi connectivity index (χ1n) is 7.18. The third-order valence-electron chi connectivity index (χ3n) is 3.82. The van der Waals surface area contributed by atoms with E-state index in [1.54, 1.807) is 25.2 Å². The summed E-state index contributed by atoms with van der Waals surface area (Å²) in [6.07, 6.45) is 1.52. The van der Waals surface area contributed by atoms with Gasteiger partial charge in [0.15, 0.2) is 5.82 Å². The average Bonchev–Trinajstić information content (AvgIpc) is 2.55. The van der Waals surface area contributed by atoms with Crippen molar-refractivity contribution in [2.45, 2.75) is 13.8 Å².